The van der Waals surface area contributed by atoms with Crippen molar-refractivity contribution in [2.75, 3.05) is 145 Å². The molecule has 10 rings (SSSR count). The van der Waals surface area contributed by atoms with Crippen molar-refractivity contribution in [3.05, 3.63) is 161 Å². The highest BCUT2D eigenvalue weighted by atomic mass is 16.6. The Morgan fingerprint density at radius 2 is 1.19 bits per heavy atom. The van der Waals surface area contributed by atoms with Gasteiger partial charge in [0.15, 0.2) is 40.4 Å². The van der Waals surface area contributed by atoms with Crippen molar-refractivity contribution in [3.8, 4) is 34.8 Å². The first-order valence-electron chi connectivity index (χ1n) is 38.4. The smallest absolute Gasteiger partial charge is 0.260 e. The van der Waals surface area contributed by atoms with E-state index in [9.17, 15) is 39.0 Å². The topological polar surface area (TPSA) is 323 Å². The second kappa shape index (κ2) is 43.6. The molecule has 4 heterocycles. The summed E-state index contributed by atoms with van der Waals surface area (Å²) in [4.78, 5) is 91.7. The maximum atomic E-state index is 14.2. The third-order valence-electron chi connectivity index (χ3n) is 19.4. The van der Waals surface area contributed by atoms with Crippen molar-refractivity contribution in [1.82, 2.24) is 20.1 Å². The Morgan fingerprint density at radius 1 is 0.616 bits per heavy atom. The summed E-state index contributed by atoms with van der Waals surface area (Å²) in [5.41, 5.74) is 7.92. The highest BCUT2D eigenvalue weighted by Crippen LogP contribution is 2.46. The minimum Gasteiger partial charge on any atom is -0.494 e. The third kappa shape index (κ3) is 24.7. The molecule has 4 unspecified atom stereocenters. The average molecular weight is 1540 g/mol. The lowest BCUT2D eigenvalue weighted by Gasteiger charge is -2.24. The lowest BCUT2D eigenvalue weighted by molar-refractivity contribution is -0.130. The highest BCUT2D eigenvalue weighted by molar-refractivity contribution is 6.10. The van der Waals surface area contributed by atoms with Gasteiger partial charge in [-0.15, -0.1) is 0 Å². The van der Waals surface area contributed by atoms with Gasteiger partial charge < -0.3 is 87.9 Å². The van der Waals surface area contributed by atoms with E-state index >= 15 is 0 Å². The second-order valence-electron chi connectivity index (χ2n) is 27.8. The molecule has 1 aromatic heterocycles. The van der Waals surface area contributed by atoms with Crippen molar-refractivity contribution in [2.24, 2.45) is 33.7 Å². The second-order valence-corrected chi connectivity index (χ2v) is 27.8. The van der Waals surface area contributed by atoms with Crippen LogP contribution in [0.1, 0.15) is 104 Å². The van der Waals surface area contributed by atoms with Crippen molar-refractivity contribution < 1.29 is 95.8 Å². The summed E-state index contributed by atoms with van der Waals surface area (Å²) >= 11 is 0. The van der Waals surface area contributed by atoms with E-state index in [1.165, 1.54) is 36.2 Å². The number of anilines is 1. The van der Waals surface area contributed by atoms with Gasteiger partial charge in [-0.3, -0.25) is 43.3 Å². The summed E-state index contributed by atoms with van der Waals surface area (Å²) in [6.45, 7) is 15.7. The molecule has 4 atom stereocenters. The van der Waals surface area contributed by atoms with Crippen LogP contribution in [0.3, 0.4) is 0 Å². The quantitative estimate of drug-likeness (QED) is 0.0156. The Kier molecular flexibility index (Phi) is 32.9. The number of ether oxygens (including phenoxy) is 12. The number of aromatic nitrogens is 1. The zero-order valence-electron chi connectivity index (χ0n) is 64.6. The van der Waals surface area contributed by atoms with Gasteiger partial charge in [-0.05, 0) is 91.5 Å². The molecule has 112 heavy (non-hydrogen) atoms. The molecule has 0 spiro atoms. The molecule has 3 aromatic carbocycles. The number of rotatable bonds is 48. The van der Waals surface area contributed by atoms with Crippen molar-refractivity contribution in [1.29, 1.82) is 0 Å². The first kappa shape index (κ1) is 84.4. The number of aromatic hydroxyl groups is 2. The number of amides is 4. The van der Waals surface area contributed by atoms with Crippen molar-refractivity contribution in [3.63, 3.8) is 0 Å². The molecule has 27 heteroatoms. The molecule has 4 aromatic rings. The summed E-state index contributed by atoms with van der Waals surface area (Å²) in [6.07, 6.45) is 27.7. The number of allylic oxidation sites excluding steroid dienone is 12. The lowest BCUT2D eigenvalue weighted by Crippen LogP contribution is -2.46. The molecule has 600 valence electrons. The van der Waals surface area contributed by atoms with Crippen LogP contribution in [0.5, 0.6) is 34.8 Å². The normalized spacial score (nSPS) is 18.5. The van der Waals surface area contributed by atoms with E-state index in [-0.39, 0.29) is 104 Å². The maximum absolute atomic E-state index is 14.2. The summed E-state index contributed by atoms with van der Waals surface area (Å²) in [7, 11) is 3.05. The van der Waals surface area contributed by atoms with Gasteiger partial charge in [-0.1, -0.05) is 92.3 Å². The predicted molar refractivity (Wildman–Crippen MR) is 424 cm³/mol. The Morgan fingerprint density at radius 3 is 1.79 bits per heavy atom. The number of fused-ring (bicyclic) bond motifs is 4. The first-order chi connectivity index (χ1) is 54.5. The molecule has 4 amide bonds. The number of aliphatic imine (C=N–C) groups is 2. The molecule has 0 saturated heterocycles. The van der Waals surface area contributed by atoms with Gasteiger partial charge >= 0.3 is 0 Å². The fraction of sp³-hybridized carbons (Fsp3) is 0.459. The number of carbonyl (C=O) groups is 6. The van der Waals surface area contributed by atoms with E-state index in [1.807, 2.05) is 80.9 Å². The number of carbonyl (C=O) groups excluding carboxylic acids is 6. The molecule has 5 N–H and O–H groups in total. The van der Waals surface area contributed by atoms with E-state index in [0.717, 1.165) is 35.1 Å². The molecular formula is C85H105N7O20. The number of nitrogens with zero attached hydrogens (tertiary/aromatic N) is 4. The van der Waals surface area contributed by atoms with Crippen LogP contribution in [0.25, 0.3) is 11.1 Å². The van der Waals surface area contributed by atoms with Crippen molar-refractivity contribution >= 4 is 75.8 Å². The van der Waals surface area contributed by atoms with Gasteiger partial charge in [-0.2, -0.15) is 0 Å². The van der Waals surface area contributed by atoms with E-state index < -0.39 is 23.8 Å². The Bertz CT molecular complexity index is 4220. The Balaban J connectivity index is 0.521. The molecule has 0 radical (unpaired) electrons. The standard InChI is InChI=1S/C85H105N7O20/c1-56(2)81(57(3)73(93)24-29-103-31-33-105-35-37-107-39-41-109-43-44-110-42-40-108-38-36-106-34-32-104-30-25-86-79(95)23-26-91-80(96)50-68(84(91)99)61-13-10-8-7-9-11-14-61)83(98)89-58(4)82(97)90-66-21-19-60(20-22-66)65-46-67-54-88-72-52-78(76(102-6)49-70(72)85(100)92(67)55-65)112-28-12-27-111-77-51-71-69(48-75(77)101-5)74(94)47-63-18-17-62(59-15-16-59)45-64(63)53-87-71/h7-11,13-14,17,19-22,47-56,58-59,64,67,81,96,99H,3,12,15-16,18,23-46H2,1-2,4-6H3,(H,86,95)(H,89,98)(H,90,97)/b8-7-,9-7?,10-8?,11-9-,13-10-,14-11?,61-13?,61-14+,63-47-,87-53?. The predicted octanol–water partition coefficient (Wildman–Crippen LogP) is 10.9. The van der Waals surface area contributed by atoms with Crippen LogP contribution in [0.4, 0.5) is 17.1 Å². The molecule has 1 saturated carbocycles. The van der Waals surface area contributed by atoms with E-state index in [4.69, 9.17) is 66.8 Å². The van der Waals surface area contributed by atoms with Crippen molar-refractivity contribution in [2.45, 2.75) is 90.8 Å². The summed E-state index contributed by atoms with van der Waals surface area (Å²) in [5, 5.41) is 29.5. The molecule has 3 aliphatic heterocycles. The monoisotopic (exact) mass is 1540 g/mol. The van der Waals surface area contributed by atoms with Crippen LogP contribution in [0, 0.1) is 23.7 Å². The number of hydrogen-bond acceptors (Lipinski definition) is 22. The first-order valence-corrected chi connectivity index (χ1v) is 38.4. The van der Waals surface area contributed by atoms with Crippen LogP contribution >= 0.6 is 0 Å². The third-order valence-corrected chi connectivity index (χ3v) is 19.4. The van der Waals surface area contributed by atoms with Gasteiger partial charge in [-0.25, -0.2) is 0 Å². The molecule has 0 bridgehead atoms. The largest absolute Gasteiger partial charge is 0.494 e. The van der Waals surface area contributed by atoms with E-state index in [2.05, 4.69) is 28.6 Å². The van der Waals surface area contributed by atoms with Gasteiger partial charge in [0.25, 0.3) is 5.91 Å². The maximum Gasteiger partial charge on any atom is 0.260 e. The SMILES string of the molecule is C=C(C(=O)CCOCCOCCOCCOCCOCCOCCOCCOCCNC(=O)CCn1c(O)cc(C2=C/C=C\C=C/C=C\2)c1O)C(C(=O)NC(C)C(=O)Nc1ccc(C2=CN3C(=O)c4cc(OC)c(OCCCOc5cc6c(cc5OC)C(=O)/C=C5/CC=C(C7CC7)CC5C=N6)cc4N=CC3C2)cc1)C(C)C. The van der Waals surface area contributed by atoms with Gasteiger partial charge in [0.05, 0.1) is 168 Å². The summed E-state index contributed by atoms with van der Waals surface area (Å²) in [6, 6.07) is 14.2. The van der Waals surface area contributed by atoms with Crippen LogP contribution in [-0.2, 0) is 63.6 Å². The van der Waals surface area contributed by atoms with Gasteiger partial charge in [0.1, 0.15) is 6.04 Å². The summed E-state index contributed by atoms with van der Waals surface area (Å²) in [5.74, 6) is -0.809. The molecule has 3 aliphatic carbocycles. The highest BCUT2D eigenvalue weighted by Gasteiger charge is 2.36. The summed E-state index contributed by atoms with van der Waals surface area (Å²) < 4.78 is 69.6. The van der Waals surface area contributed by atoms with Gasteiger partial charge in [0, 0.05) is 98.3 Å². The van der Waals surface area contributed by atoms with Crippen LogP contribution in [0.2, 0.25) is 0 Å². The Labute approximate surface area is 654 Å². The van der Waals surface area contributed by atoms with Crippen LogP contribution in [0.15, 0.2) is 149 Å². The number of methoxy groups -OCH3 is 2. The number of Topliss-reactive ketones (excluding diaryl/α,β-unsaturated/α-hetero) is 1. The van der Waals surface area contributed by atoms with Crippen LogP contribution < -0.4 is 34.9 Å². The zero-order valence-corrected chi connectivity index (χ0v) is 64.6. The minimum atomic E-state index is -0.953. The molecular weight excluding hydrogens is 1440 g/mol. The van der Waals surface area contributed by atoms with E-state index in [0.29, 0.717) is 175 Å². The van der Waals surface area contributed by atoms with Crippen LogP contribution in [-0.4, -0.2) is 219 Å². The number of ketones is 2. The lowest BCUT2D eigenvalue weighted by atomic mass is 9.82. The Hall–Kier alpha value is -10.1. The molecule has 27 nitrogen and oxygen atoms in total. The van der Waals surface area contributed by atoms with Gasteiger partial charge in [0.2, 0.25) is 23.6 Å². The van der Waals surface area contributed by atoms with E-state index in [1.54, 1.807) is 67.6 Å². The number of nitrogens with one attached hydrogen (secondary N) is 3. The number of hydrogen-bond donors (Lipinski definition) is 5. The average Bonchev–Trinajstić information content (AvgIpc) is 1.52. The minimum absolute atomic E-state index is 0.0129. The zero-order chi connectivity index (χ0) is 79.1. The fourth-order valence-corrected chi connectivity index (χ4v) is 13.2. The molecule has 6 aliphatic rings. The number of benzene rings is 3. The molecule has 1 fully saturated rings. The fourth-order valence-electron chi connectivity index (χ4n) is 13.2.